The Morgan fingerprint density at radius 2 is 1.96 bits per heavy atom. The van der Waals surface area contributed by atoms with Crippen LogP contribution in [0.1, 0.15) is 12.8 Å². The highest BCUT2D eigenvalue weighted by Crippen LogP contribution is 2.29. The van der Waals surface area contributed by atoms with Gasteiger partial charge in [-0.3, -0.25) is 4.79 Å². The van der Waals surface area contributed by atoms with Crippen LogP contribution in [0.25, 0.3) is 0 Å². The number of pyridine rings is 1. The van der Waals surface area contributed by atoms with Gasteiger partial charge in [-0.2, -0.15) is 0 Å². The van der Waals surface area contributed by atoms with Crippen molar-refractivity contribution in [3.8, 4) is 11.6 Å². The maximum atomic E-state index is 12.2. The molecule has 0 radical (unpaired) electrons. The SMILES string of the molecule is Cl.Cl.O=C(Nc1ccc(Oc2ncc(Cl)cc2Cl)cc1)C1CCCNC1. The van der Waals surface area contributed by atoms with Crippen molar-refractivity contribution in [1.82, 2.24) is 10.3 Å². The van der Waals surface area contributed by atoms with Crippen molar-refractivity contribution >= 4 is 59.6 Å². The maximum Gasteiger partial charge on any atom is 0.238 e. The number of anilines is 1. The second-order valence-corrected chi connectivity index (χ2v) is 6.44. The number of aromatic nitrogens is 1. The molecule has 1 aliphatic rings. The van der Waals surface area contributed by atoms with Crippen LogP contribution in [-0.2, 0) is 4.79 Å². The number of piperidine rings is 1. The molecule has 1 unspecified atom stereocenters. The second-order valence-electron chi connectivity index (χ2n) is 5.60. The summed E-state index contributed by atoms with van der Waals surface area (Å²) in [5.74, 6) is 0.917. The molecule has 1 amide bonds. The zero-order valence-electron chi connectivity index (χ0n) is 13.7. The monoisotopic (exact) mass is 437 g/mol. The standard InChI is InChI=1S/C17H17Cl2N3O2.2ClH/c18-12-8-15(19)17(21-10-12)24-14-5-3-13(4-6-14)22-16(23)11-2-1-7-20-9-11;;/h3-6,8,10-11,20H,1-2,7,9H2,(H,22,23);2*1H. The van der Waals surface area contributed by atoms with Crippen LogP contribution < -0.4 is 15.4 Å². The number of benzene rings is 1. The predicted octanol–water partition coefficient (Wildman–Crippen LogP) is 4.96. The van der Waals surface area contributed by atoms with Gasteiger partial charge in [-0.05, 0) is 49.7 Å². The largest absolute Gasteiger partial charge is 0.438 e. The van der Waals surface area contributed by atoms with Crippen LogP contribution in [0.15, 0.2) is 36.5 Å². The van der Waals surface area contributed by atoms with E-state index in [-0.39, 0.29) is 42.5 Å². The maximum absolute atomic E-state index is 12.2. The summed E-state index contributed by atoms with van der Waals surface area (Å²) in [7, 11) is 0. The fraction of sp³-hybridized carbons (Fsp3) is 0.294. The Morgan fingerprint density at radius 3 is 2.58 bits per heavy atom. The molecule has 1 aromatic carbocycles. The molecule has 1 saturated heterocycles. The minimum atomic E-state index is 0. The first-order chi connectivity index (χ1) is 11.6. The molecule has 1 aliphatic heterocycles. The lowest BCUT2D eigenvalue weighted by Crippen LogP contribution is -2.37. The quantitative estimate of drug-likeness (QED) is 0.707. The van der Waals surface area contributed by atoms with Crippen LogP contribution in [0.4, 0.5) is 5.69 Å². The van der Waals surface area contributed by atoms with Crippen LogP contribution in [0.3, 0.4) is 0 Å². The van der Waals surface area contributed by atoms with Crippen molar-refractivity contribution in [2.75, 3.05) is 18.4 Å². The zero-order valence-corrected chi connectivity index (χ0v) is 16.9. The Labute approximate surface area is 174 Å². The third kappa shape index (κ3) is 6.18. The summed E-state index contributed by atoms with van der Waals surface area (Å²) in [5, 5.41) is 6.95. The summed E-state index contributed by atoms with van der Waals surface area (Å²) >= 11 is 11.8. The molecule has 0 aliphatic carbocycles. The van der Waals surface area contributed by atoms with E-state index in [2.05, 4.69) is 15.6 Å². The molecule has 2 N–H and O–H groups in total. The van der Waals surface area contributed by atoms with E-state index in [4.69, 9.17) is 27.9 Å². The molecule has 1 atom stereocenters. The molecule has 3 rings (SSSR count). The third-order valence-electron chi connectivity index (χ3n) is 3.78. The summed E-state index contributed by atoms with van der Waals surface area (Å²) in [5.41, 5.74) is 0.730. The average molecular weight is 439 g/mol. The number of rotatable bonds is 4. The first-order valence-corrected chi connectivity index (χ1v) is 8.48. The molecule has 0 saturated carbocycles. The van der Waals surface area contributed by atoms with Crippen molar-refractivity contribution in [3.63, 3.8) is 0 Å². The highest BCUT2D eigenvalue weighted by atomic mass is 35.5. The van der Waals surface area contributed by atoms with Crippen LogP contribution in [0.2, 0.25) is 10.0 Å². The van der Waals surface area contributed by atoms with Crippen LogP contribution >= 0.6 is 48.0 Å². The predicted molar refractivity (Wildman–Crippen MR) is 109 cm³/mol. The van der Waals surface area contributed by atoms with Gasteiger partial charge in [0.2, 0.25) is 11.8 Å². The fourth-order valence-electron chi connectivity index (χ4n) is 2.51. The number of hydrogen-bond donors (Lipinski definition) is 2. The van der Waals surface area contributed by atoms with Crippen molar-refractivity contribution in [3.05, 3.63) is 46.6 Å². The van der Waals surface area contributed by atoms with Gasteiger partial charge < -0.3 is 15.4 Å². The highest BCUT2D eigenvalue weighted by Gasteiger charge is 2.20. The van der Waals surface area contributed by atoms with Crippen LogP contribution in [0.5, 0.6) is 11.6 Å². The normalized spacial score (nSPS) is 16.0. The van der Waals surface area contributed by atoms with Gasteiger partial charge in [-0.25, -0.2) is 4.98 Å². The molecule has 2 heterocycles. The Hall–Kier alpha value is -1.24. The number of nitrogens with one attached hydrogen (secondary N) is 2. The number of carbonyl (C=O) groups is 1. The summed E-state index contributed by atoms with van der Waals surface area (Å²) in [6.45, 7) is 1.71. The van der Waals surface area contributed by atoms with Crippen molar-refractivity contribution in [2.24, 2.45) is 5.92 Å². The fourth-order valence-corrected chi connectivity index (χ4v) is 2.93. The number of halogens is 4. The second kappa shape index (κ2) is 10.8. The van der Waals surface area contributed by atoms with Crippen LogP contribution in [0, 0.1) is 5.92 Å². The minimum Gasteiger partial charge on any atom is -0.438 e. The first-order valence-electron chi connectivity index (χ1n) is 7.72. The molecule has 1 aromatic heterocycles. The molecule has 5 nitrogen and oxygen atoms in total. The van der Waals surface area contributed by atoms with E-state index in [0.717, 1.165) is 31.6 Å². The van der Waals surface area contributed by atoms with Gasteiger partial charge in [0.15, 0.2) is 0 Å². The van der Waals surface area contributed by atoms with E-state index < -0.39 is 0 Å². The molecule has 26 heavy (non-hydrogen) atoms. The zero-order chi connectivity index (χ0) is 16.9. The Kier molecular flexibility index (Phi) is 9.47. The van der Waals surface area contributed by atoms with Crippen molar-refractivity contribution in [2.45, 2.75) is 12.8 Å². The van der Waals surface area contributed by atoms with Gasteiger partial charge in [-0.1, -0.05) is 23.2 Å². The molecule has 0 bridgehead atoms. The van der Waals surface area contributed by atoms with Gasteiger partial charge >= 0.3 is 0 Å². The van der Waals surface area contributed by atoms with Crippen LogP contribution in [-0.4, -0.2) is 24.0 Å². The molecule has 142 valence electrons. The molecular formula is C17H19Cl4N3O2. The van der Waals surface area contributed by atoms with Gasteiger partial charge in [0, 0.05) is 18.4 Å². The van der Waals surface area contributed by atoms with Gasteiger partial charge in [0.1, 0.15) is 10.8 Å². The summed E-state index contributed by atoms with van der Waals surface area (Å²) in [6.07, 6.45) is 3.41. The van der Waals surface area contributed by atoms with E-state index in [0.29, 0.717) is 15.8 Å². The lowest BCUT2D eigenvalue weighted by molar-refractivity contribution is -0.120. The topological polar surface area (TPSA) is 63.2 Å². The highest BCUT2D eigenvalue weighted by molar-refractivity contribution is 6.35. The summed E-state index contributed by atoms with van der Waals surface area (Å²) < 4.78 is 5.62. The van der Waals surface area contributed by atoms with Gasteiger partial charge in [-0.15, -0.1) is 24.8 Å². The number of amides is 1. The Balaban J connectivity index is 0.00000169. The van der Waals surface area contributed by atoms with Crippen molar-refractivity contribution < 1.29 is 9.53 Å². The summed E-state index contributed by atoms with van der Waals surface area (Å²) in [6, 6.07) is 8.64. The van der Waals surface area contributed by atoms with E-state index in [1.54, 1.807) is 30.3 Å². The number of ether oxygens (including phenoxy) is 1. The Morgan fingerprint density at radius 1 is 1.23 bits per heavy atom. The molecule has 1 fully saturated rings. The third-order valence-corrected chi connectivity index (χ3v) is 4.26. The van der Waals surface area contributed by atoms with Gasteiger partial charge in [0.05, 0.1) is 10.9 Å². The van der Waals surface area contributed by atoms with E-state index in [1.165, 1.54) is 6.20 Å². The molecular weight excluding hydrogens is 420 g/mol. The van der Waals surface area contributed by atoms with E-state index in [9.17, 15) is 4.79 Å². The summed E-state index contributed by atoms with van der Waals surface area (Å²) in [4.78, 5) is 16.2. The van der Waals surface area contributed by atoms with Gasteiger partial charge in [0.25, 0.3) is 0 Å². The average Bonchev–Trinajstić information content (AvgIpc) is 2.60. The lowest BCUT2D eigenvalue weighted by atomic mass is 9.99. The van der Waals surface area contributed by atoms with E-state index in [1.807, 2.05) is 0 Å². The molecule has 2 aromatic rings. The van der Waals surface area contributed by atoms with Crippen molar-refractivity contribution in [1.29, 1.82) is 0 Å². The smallest absolute Gasteiger partial charge is 0.238 e. The number of nitrogens with zero attached hydrogens (tertiary/aromatic N) is 1. The lowest BCUT2D eigenvalue weighted by Gasteiger charge is -2.21. The Bertz CT molecular complexity index is 722. The minimum absolute atomic E-state index is 0. The molecule has 0 spiro atoms. The number of carbonyl (C=O) groups excluding carboxylic acids is 1. The molecule has 9 heteroatoms. The van der Waals surface area contributed by atoms with E-state index >= 15 is 0 Å². The number of hydrogen-bond acceptors (Lipinski definition) is 4. The first kappa shape index (κ1) is 22.8.